The number of halogens is 1. The van der Waals surface area contributed by atoms with Crippen LogP contribution in [0.4, 0.5) is 5.69 Å². The molecule has 4 rings (SSSR count). The number of nitrogens with zero attached hydrogens (tertiary/aromatic N) is 3. The lowest BCUT2D eigenvalue weighted by Crippen LogP contribution is -2.08. The number of hydrogen-bond acceptors (Lipinski definition) is 3. The molecule has 0 N–H and O–H groups in total. The van der Waals surface area contributed by atoms with Crippen LogP contribution in [0.1, 0.15) is 16.7 Å². The molecular formula is C22H18ClN3. The summed E-state index contributed by atoms with van der Waals surface area (Å²) in [4.78, 5) is 2.01. The number of rotatable bonds is 3. The van der Waals surface area contributed by atoms with Gasteiger partial charge in [-0.2, -0.15) is 5.10 Å². The lowest BCUT2D eigenvalue weighted by atomic mass is 10.1. The Morgan fingerprint density at radius 2 is 1.38 bits per heavy atom. The lowest BCUT2D eigenvalue weighted by Gasteiger charge is -2.12. The van der Waals surface area contributed by atoms with E-state index in [4.69, 9.17) is 11.6 Å². The zero-order valence-corrected chi connectivity index (χ0v) is 15.4. The number of anilines is 1. The van der Waals surface area contributed by atoms with Gasteiger partial charge in [0.15, 0.2) is 0 Å². The predicted molar refractivity (Wildman–Crippen MR) is 111 cm³/mol. The quantitative estimate of drug-likeness (QED) is 0.362. The van der Waals surface area contributed by atoms with E-state index in [1.165, 1.54) is 11.1 Å². The molecule has 0 aliphatic heterocycles. The van der Waals surface area contributed by atoms with Crippen molar-refractivity contribution in [2.24, 2.45) is 10.2 Å². The van der Waals surface area contributed by atoms with Crippen molar-refractivity contribution in [1.29, 1.82) is 0 Å². The largest absolute Gasteiger partial charge is 0.378 e. The minimum atomic E-state index is 0.660. The zero-order chi connectivity index (χ0) is 18.1. The SMILES string of the molecule is CN(C)c1ccc(C=NN=C2c3ccccc3-c3ccccc32)c(Cl)c1. The minimum Gasteiger partial charge on any atom is -0.378 e. The number of fused-ring (bicyclic) bond motifs is 3. The fourth-order valence-electron chi connectivity index (χ4n) is 3.15. The van der Waals surface area contributed by atoms with Gasteiger partial charge in [-0.25, -0.2) is 0 Å². The predicted octanol–water partition coefficient (Wildman–Crippen LogP) is 5.26. The summed E-state index contributed by atoms with van der Waals surface area (Å²) in [5.74, 6) is 0. The Labute approximate surface area is 158 Å². The van der Waals surface area contributed by atoms with Gasteiger partial charge in [-0.15, -0.1) is 5.10 Å². The first-order valence-corrected chi connectivity index (χ1v) is 8.80. The average molecular weight is 360 g/mol. The van der Waals surface area contributed by atoms with E-state index in [1.54, 1.807) is 6.21 Å². The first-order chi connectivity index (χ1) is 12.6. The highest BCUT2D eigenvalue weighted by Gasteiger charge is 2.23. The van der Waals surface area contributed by atoms with E-state index in [0.29, 0.717) is 5.02 Å². The van der Waals surface area contributed by atoms with E-state index < -0.39 is 0 Å². The Morgan fingerprint density at radius 3 is 1.92 bits per heavy atom. The van der Waals surface area contributed by atoms with Gasteiger partial charge < -0.3 is 4.90 Å². The van der Waals surface area contributed by atoms with E-state index in [2.05, 4.69) is 34.5 Å². The normalized spacial score (nSPS) is 12.2. The Kier molecular flexibility index (Phi) is 4.31. The van der Waals surface area contributed by atoms with Crippen LogP contribution in [0.3, 0.4) is 0 Å². The molecule has 0 bridgehead atoms. The molecular weight excluding hydrogens is 342 g/mol. The highest BCUT2D eigenvalue weighted by molar-refractivity contribution is 6.33. The average Bonchev–Trinajstić information content (AvgIpc) is 2.97. The van der Waals surface area contributed by atoms with Crippen molar-refractivity contribution >= 4 is 29.2 Å². The molecule has 0 atom stereocenters. The van der Waals surface area contributed by atoms with Crippen molar-refractivity contribution in [3.8, 4) is 11.1 Å². The van der Waals surface area contributed by atoms with Crippen LogP contribution in [0, 0.1) is 0 Å². The second-order valence-corrected chi connectivity index (χ2v) is 6.79. The number of hydrogen-bond donors (Lipinski definition) is 0. The minimum absolute atomic E-state index is 0.660. The van der Waals surface area contributed by atoms with Crippen LogP contribution in [0.15, 0.2) is 76.9 Å². The van der Waals surface area contributed by atoms with Gasteiger partial charge in [-0.1, -0.05) is 60.1 Å². The molecule has 0 aromatic heterocycles. The molecule has 0 spiro atoms. The molecule has 0 unspecified atom stereocenters. The Bertz CT molecular complexity index is 988. The second kappa shape index (κ2) is 6.77. The van der Waals surface area contributed by atoms with Crippen molar-refractivity contribution in [2.45, 2.75) is 0 Å². The molecule has 0 fully saturated rings. The van der Waals surface area contributed by atoms with E-state index in [9.17, 15) is 0 Å². The first-order valence-electron chi connectivity index (χ1n) is 8.42. The van der Waals surface area contributed by atoms with E-state index in [0.717, 1.165) is 28.1 Å². The molecule has 3 nitrogen and oxygen atoms in total. The van der Waals surface area contributed by atoms with Gasteiger partial charge in [0.1, 0.15) is 5.71 Å². The third-order valence-corrected chi connectivity index (χ3v) is 4.84. The zero-order valence-electron chi connectivity index (χ0n) is 14.6. The summed E-state index contributed by atoms with van der Waals surface area (Å²) in [5, 5.41) is 9.50. The molecule has 0 saturated heterocycles. The fraction of sp³-hybridized carbons (Fsp3) is 0.0909. The third kappa shape index (κ3) is 2.91. The summed E-state index contributed by atoms with van der Waals surface area (Å²) in [6, 6.07) is 22.5. The maximum Gasteiger partial charge on any atom is 0.101 e. The van der Waals surface area contributed by atoms with Crippen LogP contribution in [0.5, 0.6) is 0 Å². The highest BCUT2D eigenvalue weighted by Crippen LogP contribution is 2.36. The van der Waals surface area contributed by atoms with Crippen molar-refractivity contribution < 1.29 is 0 Å². The molecule has 3 aromatic rings. The Balaban J connectivity index is 1.70. The molecule has 0 radical (unpaired) electrons. The molecule has 0 saturated carbocycles. The van der Waals surface area contributed by atoms with Crippen LogP contribution in [0.2, 0.25) is 5.02 Å². The molecule has 4 heteroatoms. The summed E-state index contributed by atoms with van der Waals surface area (Å²) in [6.07, 6.45) is 1.71. The molecule has 26 heavy (non-hydrogen) atoms. The molecule has 0 heterocycles. The van der Waals surface area contributed by atoms with Crippen molar-refractivity contribution in [2.75, 3.05) is 19.0 Å². The van der Waals surface area contributed by atoms with Crippen molar-refractivity contribution in [3.05, 3.63) is 88.4 Å². The topological polar surface area (TPSA) is 28.0 Å². The van der Waals surface area contributed by atoms with Crippen LogP contribution >= 0.6 is 11.6 Å². The Morgan fingerprint density at radius 1 is 0.808 bits per heavy atom. The number of benzene rings is 3. The van der Waals surface area contributed by atoms with Crippen LogP contribution < -0.4 is 4.90 Å². The molecule has 128 valence electrons. The smallest absolute Gasteiger partial charge is 0.101 e. The van der Waals surface area contributed by atoms with Crippen molar-refractivity contribution in [3.63, 3.8) is 0 Å². The van der Waals surface area contributed by atoms with Crippen LogP contribution in [0.25, 0.3) is 11.1 Å². The summed E-state index contributed by atoms with van der Waals surface area (Å²) >= 11 is 6.36. The molecule has 0 amide bonds. The summed E-state index contributed by atoms with van der Waals surface area (Å²) in [7, 11) is 3.97. The summed E-state index contributed by atoms with van der Waals surface area (Å²) in [6.45, 7) is 0. The molecule has 3 aromatic carbocycles. The van der Waals surface area contributed by atoms with Gasteiger partial charge in [0.05, 0.1) is 11.2 Å². The maximum atomic E-state index is 6.36. The van der Waals surface area contributed by atoms with Crippen molar-refractivity contribution in [1.82, 2.24) is 0 Å². The van der Waals surface area contributed by atoms with Gasteiger partial charge in [0.2, 0.25) is 0 Å². The van der Waals surface area contributed by atoms with Crippen LogP contribution in [-0.4, -0.2) is 26.0 Å². The van der Waals surface area contributed by atoms with Gasteiger partial charge in [-0.3, -0.25) is 0 Å². The summed E-state index contributed by atoms with van der Waals surface area (Å²) < 4.78 is 0. The maximum absolute atomic E-state index is 6.36. The first kappa shape index (κ1) is 16.6. The third-order valence-electron chi connectivity index (χ3n) is 4.51. The molecule has 1 aliphatic rings. The van der Waals surface area contributed by atoms with E-state index in [-0.39, 0.29) is 0 Å². The van der Waals surface area contributed by atoms with Gasteiger partial charge in [0, 0.05) is 36.5 Å². The van der Waals surface area contributed by atoms with E-state index in [1.807, 2.05) is 61.5 Å². The summed E-state index contributed by atoms with van der Waals surface area (Å²) in [5.41, 5.74) is 7.42. The van der Waals surface area contributed by atoms with Gasteiger partial charge in [-0.05, 0) is 29.3 Å². The second-order valence-electron chi connectivity index (χ2n) is 6.38. The van der Waals surface area contributed by atoms with Gasteiger partial charge >= 0.3 is 0 Å². The van der Waals surface area contributed by atoms with Gasteiger partial charge in [0.25, 0.3) is 0 Å². The molecule has 1 aliphatic carbocycles. The van der Waals surface area contributed by atoms with Crippen LogP contribution in [-0.2, 0) is 0 Å². The standard InChI is InChI=1S/C22H18ClN3/c1-26(2)16-12-11-15(21(23)13-16)14-24-25-22-19-9-5-3-7-17(19)18-8-4-6-10-20(18)22/h3-14H,1-2H3. The highest BCUT2D eigenvalue weighted by atomic mass is 35.5. The van der Waals surface area contributed by atoms with E-state index >= 15 is 0 Å². The lowest BCUT2D eigenvalue weighted by molar-refractivity contribution is 1.13. The monoisotopic (exact) mass is 359 g/mol. The fourth-order valence-corrected chi connectivity index (χ4v) is 3.37. The Hall–Kier alpha value is -2.91.